The average molecular weight is 316 g/mol. The molecule has 3 N–H and O–H groups in total. The topological polar surface area (TPSA) is 94.2 Å². The van der Waals surface area contributed by atoms with Crippen LogP contribution in [0.25, 0.3) is 0 Å². The monoisotopic (exact) mass is 316 g/mol. The highest BCUT2D eigenvalue weighted by Gasteiger charge is 2.32. The van der Waals surface area contributed by atoms with Gasteiger partial charge in [0.25, 0.3) is 0 Å². The number of rotatable bonds is 7. The second-order valence-corrected chi connectivity index (χ2v) is 5.02. The van der Waals surface area contributed by atoms with Crippen molar-refractivity contribution in [1.29, 1.82) is 5.53 Å². The molecular weight excluding hydrogens is 296 g/mol. The standard InChI is InChI=1S/C16H20N4O3/c1-12-4-6-13(7-5-12)16(18-2,19-17)14-8-10-15(11-9-14)23-20(21)22-3/h4-11,17-18,20H,1-3H3. The van der Waals surface area contributed by atoms with Crippen molar-refractivity contribution < 1.29 is 15.1 Å². The van der Waals surface area contributed by atoms with E-state index in [1.54, 1.807) is 31.3 Å². The van der Waals surface area contributed by atoms with E-state index < -0.39 is 11.1 Å². The Morgan fingerprint density at radius 2 is 1.61 bits per heavy atom. The van der Waals surface area contributed by atoms with Crippen LogP contribution in [0.2, 0.25) is 0 Å². The molecule has 0 saturated heterocycles. The molecule has 0 radical (unpaired) electrons. The van der Waals surface area contributed by atoms with Gasteiger partial charge in [0.05, 0.1) is 0 Å². The van der Waals surface area contributed by atoms with E-state index in [1.807, 2.05) is 31.2 Å². The molecule has 0 fully saturated rings. The van der Waals surface area contributed by atoms with Gasteiger partial charge < -0.3 is 5.21 Å². The van der Waals surface area contributed by atoms with Crippen LogP contribution in [0.3, 0.4) is 0 Å². The minimum Gasteiger partial charge on any atom is -0.556 e. The molecule has 0 aliphatic heterocycles. The minimum absolute atomic E-state index is 0.361. The molecule has 0 aliphatic rings. The molecule has 0 heterocycles. The van der Waals surface area contributed by atoms with Crippen molar-refractivity contribution in [2.75, 3.05) is 14.2 Å². The molecule has 0 saturated carbocycles. The van der Waals surface area contributed by atoms with Crippen molar-refractivity contribution in [2.45, 2.75) is 12.6 Å². The predicted octanol–water partition coefficient (Wildman–Crippen LogP) is 1.68. The van der Waals surface area contributed by atoms with Crippen LogP contribution in [-0.4, -0.2) is 14.2 Å². The molecule has 0 aliphatic carbocycles. The first kappa shape index (κ1) is 17.0. The van der Waals surface area contributed by atoms with Crippen LogP contribution in [0.4, 0.5) is 0 Å². The van der Waals surface area contributed by atoms with Crippen LogP contribution in [0.5, 0.6) is 5.75 Å². The fourth-order valence-electron chi connectivity index (χ4n) is 2.34. The molecule has 2 aromatic rings. The smallest absolute Gasteiger partial charge is 0.195 e. The Balaban J connectivity index is 2.37. The fourth-order valence-corrected chi connectivity index (χ4v) is 2.34. The summed E-state index contributed by atoms with van der Waals surface area (Å²) in [6, 6.07) is 14.6. The van der Waals surface area contributed by atoms with Gasteiger partial charge in [-0.05, 0) is 31.5 Å². The van der Waals surface area contributed by atoms with Crippen molar-refractivity contribution >= 4 is 0 Å². The Labute approximate surface area is 134 Å². The van der Waals surface area contributed by atoms with Crippen LogP contribution < -0.4 is 15.5 Å². The number of nitrogens with zero attached hydrogens (tertiary/aromatic N) is 1. The lowest BCUT2D eigenvalue weighted by molar-refractivity contribution is -1.18. The zero-order chi connectivity index (χ0) is 16.9. The lowest BCUT2D eigenvalue weighted by atomic mass is 9.91. The van der Waals surface area contributed by atoms with Gasteiger partial charge in [-0.1, -0.05) is 42.0 Å². The highest BCUT2D eigenvalue weighted by Crippen LogP contribution is 2.31. The van der Waals surface area contributed by atoms with Gasteiger partial charge in [-0.3, -0.25) is 10.2 Å². The second-order valence-electron chi connectivity index (χ2n) is 5.02. The number of aryl methyl sites for hydroxylation is 1. The molecule has 0 amide bonds. The molecule has 2 atom stereocenters. The van der Waals surface area contributed by atoms with E-state index in [1.165, 1.54) is 7.11 Å². The van der Waals surface area contributed by atoms with Gasteiger partial charge in [-0.15, -0.1) is 0 Å². The lowest BCUT2D eigenvalue weighted by Gasteiger charge is -2.29. The van der Waals surface area contributed by atoms with Gasteiger partial charge in [-0.25, -0.2) is 5.53 Å². The average Bonchev–Trinajstić information content (AvgIpc) is 2.59. The maximum Gasteiger partial charge on any atom is 0.195 e. The Morgan fingerprint density at radius 1 is 1.09 bits per heavy atom. The molecule has 7 nitrogen and oxygen atoms in total. The summed E-state index contributed by atoms with van der Waals surface area (Å²) in [5.41, 5.74) is 9.44. The van der Waals surface area contributed by atoms with Crippen molar-refractivity contribution in [3.8, 4) is 5.75 Å². The van der Waals surface area contributed by atoms with Gasteiger partial charge in [0.15, 0.2) is 11.4 Å². The van der Waals surface area contributed by atoms with E-state index in [0.29, 0.717) is 5.75 Å². The summed E-state index contributed by atoms with van der Waals surface area (Å²) in [6.07, 6.45) is 0. The number of hydrogen-bond acceptors (Lipinski definition) is 6. The molecular formula is C16H20N4O3. The summed E-state index contributed by atoms with van der Waals surface area (Å²) in [4.78, 5) is 9.41. The number of benzene rings is 2. The lowest BCUT2D eigenvalue weighted by Crippen LogP contribution is -3.07. The molecule has 7 heteroatoms. The molecule has 2 rings (SSSR count). The fraction of sp³-hybridized carbons (Fsp3) is 0.250. The van der Waals surface area contributed by atoms with Gasteiger partial charge in [0.1, 0.15) is 7.11 Å². The van der Waals surface area contributed by atoms with Gasteiger partial charge in [0.2, 0.25) is 0 Å². The van der Waals surface area contributed by atoms with Gasteiger partial charge in [-0.2, -0.15) is 9.95 Å². The molecule has 2 unspecified atom stereocenters. The van der Waals surface area contributed by atoms with Gasteiger partial charge in [0, 0.05) is 11.1 Å². The molecule has 0 bridgehead atoms. The van der Waals surface area contributed by atoms with Crippen molar-refractivity contribution in [3.05, 3.63) is 70.4 Å². The molecule has 23 heavy (non-hydrogen) atoms. The Hall–Kier alpha value is -2.32. The van der Waals surface area contributed by atoms with E-state index in [2.05, 4.69) is 15.3 Å². The van der Waals surface area contributed by atoms with Crippen LogP contribution in [0, 0.1) is 17.7 Å². The molecule has 0 spiro atoms. The zero-order valence-corrected chi connectivity index (χ0v) is 13.3. The third-order valence-electron chi connectivity index (χ3n) is 3.64. The van der Waals surface area contributed by atoms with Crippen LogP contribution >= 0.6 is 0 Å². The Morgan fingerprint density at radius 3 is 2.04 bits per heavy atom. The third-order valence-corrected chi connectivity index (χ3v) is 3.64. The van der Waals surface area contributed by atoms with Crippen molar-refractivity contribution in [2.24, 2.45) is 5.11 Å². The SMILES string of the molecule is CNC(N=N)(c1ccc(C)cc1)c1ccc(O[NH+]([O-])OC)cc1. The first-order chi connectivity index (χ1) is 11.1. The van der Waals surface area contributed by atoms with E-state index in [4.69, 9.17) is 10.4 Å². The number of hydrogen-bond donors (Lipinski definition) is 3. The molecule has 122 valence electrons. The van der Waals surface area contributed by atoms with E-state index in [9.17, 15) is 5.21 Å². The summed E-state index contributed by atoms with van der Waals surface area (Å²) in [6.45, 7) is 2.00. The van der Waals surface area contributed by atoms with E-state index in [-0.39, 0.29) is 0 Å². The Bertz CT molecular complexity index is 645. The minimum atomic E-state index is -0.989. The van der Waals surface area contributed by atoms with Crippen LogP contribution in [0.1, 0.15) is 16.7 Å². The summed E-state index contributed by atoms with van der Waals surface area (Å²) >= 11 is 0. The quantitative estimate of drug-likeness (QED) is 0.535. The summed E-state index contributed by atoms with van der Waals surface area (Å²) in [5, 5.41) is 17.3. The number of nitrogens with one attached hydrogen (secondary N) is 3. The normalized spacial score (nSPS) is 14.8. The van der Waals surface area contributed by atoms with Crippen molar-refractivity contribution in [1.82, 2.24) is 5.32 Å². The Kier molecular flexibility index (Phi) is 5.41. The van der Waals surface area contributed by atoms with Crippen LogP contribution in [0.15, 0.2) is 53.6 Å². The van der Waals surface area contributed by atoms with Gasteiger partial charge >= 0.3 is 0 Å². The number of quaternary nitrogens is 1. The molecule has 0 aromatic heterocycles. The molecule has 2 aromatic carbocycles. The highest BCUT2D eigenvalue weighted by molar-refractivity contribution is 5.40. The van der Waals surface area contributed by atoms with E-state index >= 15 is 0 Å². The summed E-state index contributed by atoms with van der Waals surface area (Å²) in [7, 11) is 3.00. The summed E-state index contributed by atoms with van der Waals surface area (Å²) < 4.78 is 0. The third kappa shape index (κ3) is 3.54. The zero-order valence-electron chi connectivity index (χ0n) is 13.3. The first-order valence-electron chi connectivity index (χ1n) is 7.06. The van der Waals surface area contributed by atoms with Crippen LogP contribution in [-0.2, 0) is 10.5 Å². The maximum absolute atomic E-state index is 11.1. The van der Waals surface area contributed by atoms with E-state index in [0.717, 1.165) is 16.7 Å². The second kappa shape index (κ2) is 7.30. The first-order valence-corrected chi connectivity index (χ1v) is 7.06. The van der Waals surface area contributed by atoms with Crippen molar-refractivity contribution in [3.63, 3.8) is 0 Å². The predicted molar refractivity (Wildman–Crippen MR) is 84.6 cm³/mol. The highest BCUT2D eigenvalue weighted by atomic mass is 17.1. The largest absolute Gasteiger partial charge is 0.556 e. The summed E-state index contributed by atoms with van der Waals surface area (Å²) in [5.74, 6) is 0.361. The maximum atomic E-state index is 11.1.